The van der Waals surface area contributed by atoms with Gasteiger partial charge in [0.25, 0.3) is 0 Å². The number of ether oxygens (including phenoxy) is 3. The Balaban J connectivity index is 0.00000518. The number of aromatic nitrogens is 3. The molecule has 3 aromatic rings. The van der Waals surface area contributed by atoms with Crippen molar-refractivity contribution < 1.29 is 132 Å². The van der Waals surface area contributed by atoms with E-state index >= 15 is 0 Å². The Morgan fingerprint density at radius 3 is 2.32 bits per heavy atom. The van der Waals surface area contributed by atoms with Gasteiger partial charge in [0, 0.05) is 41.2 Å². The molecule has 0 spiro atoms. The van der Waals surface area contributed by atoms with E-state index in [-0.39, 0.29) is 111 Å². The van der Waals surface area contributed by atoms with Crippen LogP contribution in [0.3, 0.4) is 0 Å². The van der Waals surface area contributed by atoms with Gasteiger partial charge in [0.05, 0.1) is 5.56 Å². The van der Waals surface area contributed by atoms with Crippen molar-refractivity contribution in [3.05, 3.63) is 80.9 Å². The number of carboxylic acid groups (broad SMARTS) is 2. The van der Waals surface area contributed by atoms with Crippen molar-refractivity contribution in [2.24, 2.45) is 5.73 Å². The van der Waals surface area contributed by atoms with Crippen molar-refractivity contribution >= 4 is 58.2 Å². The maximum Gasteiger partial charge on any atom is 1.00 e. The van der Waals surface area contributed by atoms with Gasteiger partial charge in [0.1, 0.15) is 60.5 Å². The standard InChI is InChI=1S/C42H44N8O17.2Na/c1-16(36(58)47-26(35(43)57)10-11-30(54)55)44-37(59)17(2)65-34-32(45-18(3)51)39(62)67-29(33(34)56)15-64-42-49-40(48-41(63)50-42)46-19-4-7-22(25(12-19)38(60)61)31-23-8-5-20(52)13-27(23)66-28-14-21(53)6-9-24(28)31;;/h4-9,12-14,16-17,26,29,32-34,39,52,56,62H,10-11,15H2,1-3H3,(H2,43,57)(H,44,59)(H,45,51)(H,47,58)(H,54,55)(H,60,61)(H2,46,48,49,50,63);;/q;2*+1/p-2/t16-,17+,26+,29+,32+,33+,34+,39+;;/m0../s1. The summed E-state index contributed by atoms with van der Waals surface area (Å²) in [6.07, 6.45) is -9.20. The van der Waals surface area contributed by atoms with Gasteiger partial charge in [-0.25, -0.2) is 9.59 Å². The SMILES string of the molecule is CC(=O)N[C@@H]1[C@@H](O[C@H](C)C(=O)N[C@@H](C)C(=O)N[C@H](CCC(=O)[O-])C(N)=O)[C@H](O)[C@@H](COc2nc(Nc3ccc(-c4c5ccc(=O)cc-5oc5cc([O-])ccc45)c(C(=O)O)c3)[nH]c(=O)n2)O[C@H]1O.[Na+].[Na+]. The fourth-order valence-electron chi connectivity index (χ4n) is 7.10. The number of aromatic carboxylic acids is 1. The number of hydrogen-bond acceptors (Lipinski definition) is 19. The van der Waals surface area contributed by atoms with Crippen molar-refractivity contribution in [1.29, 1.82) is 0 Å². The third kappa shape index (κ3) is 13.8. The summed E-state index contributed by atoms with van der Waals surface area (Å²) < 4.78 is 22.7. The quantitative estimate of drug-likeness (QED) is 0.0291. The molecule has 2 aliphatic heterocycles. The van der Waals surface area contributed by atoms with Crippen LogP contribution in [0.4, 0.5) is 11.6 Å². The molecule has 8 atom stereocenters. The van der Waals surface area contributed by atoms with E-state index in [1.54, 1.807) is 0 Å². The van der Waals surface area contributed by atoms with Crippen LogP contribution < -0.4 is 112 Å². The molecular formula is C42H42N8Na2O17. The molecule has 4 amide bonds. The van der Waals surface area contributed by atoms with Crippen LogP contribution in [0.25, 0.3) is 33.4 Å². The molecule has 25 nitrogen and oxygen atoms in total. The second-order valence-corrected chi connectivity index (χ2v) is 15.2. The van der Waals surface area contributed by atoms with Crippen LogP contribution in [-0.2, 0) is 33.4 Å². The van der Waals surface area contributed by atoms with E-state index in [2.05, 4.69) is 36.2 Å². The van der Waals surface area contributed by atoms with E-state index < -0.39 is 109 Å². The molecule has 3 aliphatic rings. The normalized spacial score (nSPS) is 18.8. The fraction of sp³-hybridized carbons (Fsp3) is 0.333. The number of carboxylic acids is 2. The molecule has 0 saturated carbocycles. The maximum absolute atomic E-state index is 13.1. The molecule has 0 unspecified atom stereocenters. The van der Waals surface area contributed by atoms with Crippen LogP contribution >= 0.6 is 0 Å². The largest absolute Gasteiger partial charge is 1.00 e. The number of aliphatic carboxylic acids is 1. The molecular weight excluding hydrogens is 934 g/mol. The molecule has 3 heterocycles. The molecule has 1 saturated heterocycles. The molecule has 2 aromatic carbocycles. The second-order valence-electron chi connectivity index (χ2n) is 15.2. The molecule has 27 heteroatoms. The predicted molar refractivity (Wildman–Crippen MR) is 224 cm³/mol. The zero-order valence-corrected chi connectivity index (χ0v) is 41.5. The van der Waals surface area contributed by atoms with E-state index in [4.69, 9.17) is 24.4 Å². The van der Waals surface area contributed by atoms with Crippen LogP contribution in [0, 0.1) is 0 Å². The van der Waals surface area contributed by atoms with Crippen LogP contribution in [0.1, 0.15) is 44.0 Å². The first-order chi connectivity index (χ1) is 31.7. The average Bonchev–Trinajstić information content (AvgIpc) is 3.25. The Morgan fingerprint density at radius 1 is 0.942 bits per heavy atom. The Bertz CT molecular complexity index is 2830. The first-order valence-corrected chi connectivity index (χ1v) is 20.2. The summed E-state index contributed by atoms with van der Waals surface area (Å²) in [6, 6.07) is 7.32. The van der Waals surface area contributed by atoms with Crippen LogP contribution in [0.2, 0.25) is 0 Å². The molecule has 0 radical (unpaired) electrons. The number of nitrogens with zero attached hydrogens (tertiary/aromatic N) is 2. The Labute approximate surface area is 433 Å². The van der Waals surface area contributed by atoms with E-state index in [9.17, 15) is 63.9 Å². The Hall–Kier alpha value is -6.00. The number of aromatic amines is 1. The molecule has 1 fully saturated rings. The number of H-pyrrole nitrogens is 1. The second kappa shape index (κ2) is 24.0. The summed E-state index contributed by atoms with van der Waals surface area (Å²) in [4.78, 5) is 108. The number of aliphatic hydroxyl groups excluding tert-OH is 2. The van der Waals surface area contributed by atoms with E-state index in [1.807, 2.05) is 0 Å². The summed E-state index contributed by atoms with van der Waals surface area (Å²) in [5.41, 5.74) is 4.78. The first-order valence-electron chi connectivity index (χ1n) is 20.2. The minimum absolute atomic E-state index is 0. The number of primary amides is 1. The number of amides is 4. The minimum Gasteiger partial charge on any atom is -0.872 e. The summed E-state index contributed by atoms with van der Waals surface area (Å²) in [6.45, 7) is 2.89. The predicted octanol–water partition coefficient (Wildman–Crippen LogP) is -8.69. The minimum atomic E-state index is -1.88. The number of anilines is 2. The third-order valence-electron chi connectivity index (χ3n) is 10.3. The van der Waals surface area contributed by atoms with Gasteiger partial charge < -0.3 is 76.0 Å². The van der Waals surface area contributed by atoms with Crippen molar-refractivity contribution in [3.8, 4) is 34.2 Å². The van der Waals surface area contributed by atoms with Gasteiger partial charge in [-0.1, -0.05) is 18.2 Å². The van der Waals surface area contributed by atoms with Gasteiger partial charge in [-0.15, -0.1) is 10.7 Å². The van der Waals surface area contributed by atoms with Crippen LogP contribution in [0.15, 0.2) is 68.6 Å². The van der Waals surface area contributed by atoms with Crippen LogP contribution in [-0.4, -0.2) is 121 Å². The number of fused-ring (bicyclic) bond motifs is 2. The molecule has 354 valence electrons. The molecule has 69 heavy (non-hydrogen) atoms. The number of carbonyl (C=O) groups excluding carboxylic acids is 5. The van der Waals surface area contributed by atoms with Crippen molar-refractivity contribution in [2.45, 2.75) is 82.4 Å². The zero-order valence-electron chi connectivity index (χ0n) is 37.5. The summed E-state index contributed by atoms with van der Waals surface area (Å²) in [5.74, 6) is -6.98. The van der Waals surface area contributed by atoms with Gasteiger partial charge in [-0.05, 0) is 62.6 Å². The van der Waals surface area contributed by atoms with Crippen molar-refractivity contribution in [1.82, 2.24) is 30.9 Å². The molecule has 0 bridgehead atoms. The maximum atomic E-state index is 13.1. The van der Waals surface area contributed by atoms with Gasteiger partial charge in [0.15, 0.2) is 11.7 Å². The zero-order chi connectivity index (χ0) is 48.9. The van der Waals surface area contributed by atoms with E-state index in [1.165, 1.54) is 68.4 Å². The summed E-state index contributed by atoms with van der Waals surface area (Å²) in [7, 11) is 0. The molecule has 10 N–H and O–H groups in total. The van der Waals surface area contributed by atoms with Gasteiger partial charge >= 0.3 is 76.8 Å². The van der Waals surface area contributed by atoms with E-state index in [0.717, 1.165) is 6.92 Å². The number of aliphatic hydroxyl groups is 2. The summed E-state index contributed by atoms with van der Waals surface area (Å²) in [5, 5.41) is 65.7. The number of hydrogen-bond donors (Lipinski definition) is 9. The fourth-order valence-corrected chi connectivity index (χ4v) is 7.10. The average molecular weight is 977 g/mol. The number of rotatable bonds is 18. The molecule has 1 aliphatic carbocycles. The van der Waals surface area contributed by atoms with E-state index in [0.29, 0.717) is 16.5 Å². The number of carbonyl (C=O) groups is 6. The first kappa shape index (κ1) is 55.6. The van der Waals surface area contributed by atoms with Crippen molar-refractivity contribution in [3.63, 3.8) is 0 Å². The molecule has 6 rings (SSSR count). The van der Waals surface area contributed by atoms with Gasteiger partial charge in [-0.2, -0.15) is 4.98 Å². The third-order valence-corrected chi connectivity index (χ3v) is 10.3. The number of benzene rings is 3. The smallest absolute Gasteiger partial charge is 0.872 e. The van der Waals surface area contributed by atoms with Gasteiger partial charge in [-0.3, -0.25) is 29.0 Å². The Morgan fingerprint density at radius 2 is 1.65 bits per heavy atom. The monoisotopic (exact) mass is 976 g/mol. The Kier molecular flexibility index (Phi) is 19.4. The summed E-state index contributed by atoms with van der Waals surface area (Å²) >= 11 is 0. The van der Waals surface area contributed by atoms with Crippen molar-refractivity contribution in [2.75, 3.05) is 11.9 Å². The topological polar surface area (TPSA) is 400 Å². The van der Waals surface area contributed by atoms with Gasteiger partial charge in [0.2, 0.25) is 29.6 Å². The number of nitrogens with one attached hydrogen (secondary N) is 5. The number of nitrogens with two attached hydrogens (primary N) is 1. The van der Waals surface area contributed by atoms with Crippen LogP contribution in [0.5, 0.6) is 11.8 Å². The molecule has 1 aromatic heterocycles.